The molecule has 0 radical (unpaired) electrons. The zero-order valence-corrected chi connectivity index (χ0v) is 16.0. The Balaban J connectivity index is 1.83. The summed E-state index contributed by atoms with van der Waals surface area (Å²) in [5, 5.41) is 2.64. The number of esters is 1. The van der Waals surface area contributed by atoms with Crippen LogP contribution in [0, 0.1) is 13.8 Å². The minimum absolute atomic E-state index is 0.106. The van der Waals surface area contributed by atoms with Gasteiger partial charge in [0, 0.05) is 0 Å². The smallest absolute Gasteiger partial charge is 0.310 e. The molecule has 0 aliphatic carbocycles. The van der Waals surface area contributed by atoms with Crippen LogP contribution in [0.1, 0.15) is 29.2 Å². The van der Waals surface area contributed by atoms with Gasteiger partial charge in [0.05, 0.1) is 12.5 Å². The Morgan fingerprint density at radius 1 is 0.963 bits per heavy atom. The quantitative estimate of drug-likeness (QED) is 0.728. The zero-order valence-electron chi connectivity index (χ0n) is 16.0. The average Bonchev–Trinajstić information content (AvgIpc) is 2.63. The molecule has 1 amide bonds. The van der Waals surface area contributed by atoms with Gasteiger partial charge in [-0.2, -0.15) is 0 Å². The monoisotopic (exact) mass is 367 g/mol. The molecular formula is C22H25NO4. The second-order valence-corrected chi connectivity index (χ2v) is 6.68. The van der Waals surface area contributed by atoms with Crippen molar-refractivity contribution in [3.63, 3.8) is 0 Å². The van der Waals surface area contributed by atoms with Crippen molar-refractivity contribution in [2.24, 2.45) is 0 Å². The number of ketones is 1. The predicted molar refractivity (Wildman–Crippen MR) is 103 cm³/mol. The summed E-state index contributed by atoms with van der Waals surface area (Å²) in [6, 6.07) is 14.5. The van der Waals surface area contributed by atoms with Gasteiger partial charge in [-0.3, -0.25) is 14.4 Å². The van der Waals surface area contributed by atoms with E-state index in [4.69, 9.17) is 4.74 Å². The molecule has 1 atom stereocenters. The van der Waals surface area contributed by atoms with Gasteiger partial charge >= 0.3 is 5.97 Å². The van der Waals surface area contributed by atoms with Gasteiger partial charge in [-0.05, 0) is 49.4 Å². The van der Waals surface area contributed by atoms with E-state index >= 15 is 0 Å². The molecule has 142 valence electrons. The number of carbonyl (C=O) groups excluding carboxylic acids is 3. The van der Waals surface area contributed by atoms with E-state index in [0.717, 1.165) is 22.3 Å². The molecule has 27 heavy (non-hydrogen) atoms. The van der Waals surface area contributed by atoms with Gasteiger partial charge in [0.2, 0.25) is 0 Å². The fourth-order valence-corrected chi connectivity index (χ4v) is 2.66. The lowest BCUT2D eigenvalue weighted by molar-refractivity contribution is -0.148. The summed E-state index contributed by atoms with van der Waals surface area (Å²) < 4.78 is 5.05. The molecule has 5 heteroatoms. The number of benzene rings is 2. The van der Waals surface area contributed by atoms with Crippen molar-refractivity contribution < 1.29 is 19.1 Å². The van der Waals surface area contributed by atoms with Gasteiger partial charge in [0.1, 0.15) is 0 Å². The fraction of sp³-hybridized carbons (Fsp3) is 0.318. The Hall–Kier alpha value is -2.95. The maximum absolute atomic E-state index is 12.1. The third kappa shape index (κ3) is 6.70. The molecule has 0 saturated heterocycles. The Kier molecular flexibility index (Phi) is 7.29. The molecule has 0 spiro atoms. The van der Waals surface area contributed by atoms with E-state index < -0.39 is 24.5 Å². The maximum atomic E-state index is 12.1. The Morgan fingerprint density at radius 2 is 1.67 bits per heavy atom. The summed E-state index contributed by atoms with van der Waals surface area (Å²) in [6.07, 6.45) is 0.507. The first kappa shape index (κ1) is 20.4. The number of hydrogen-bond donors (Lipinski definition) is 1. The van der Waals surface area contributed by atoms with E-state index in [-0.39, 0.29) is 12.2 Å². The number of ether oxygens (including phenoxy) is 1. The molecule has 1 N–H and O–H groups in total. The molecule has 0 aromatic heterocycles. The first-order chi connectivity index (χ1) is 12.8. The number of Topliss-reactive ketones (excluding diaryl/α,β-unsaturated/α-hetero) is 1. The summed E-state index contributed by atoms with van der Waals surface area (Å²) in [5.74, 6) is -1.11. The first-order valence-corrected chi connectivity index (χ1v) is 8.90. The molecular weight excluding hydrogens is 342 g/mol. The third-order valence-electron chi connectivity index (χ3n) is 4.39. The molecule has 0 unspecified atom stereocenters. The highest BCUT2D eigenvalue weighted by Gasteiger charge is 2.18. The van der Waals surface area contributed by atoms with Crippen LogP contribution in [-0.4, -0.2) is 30.3 Å². The number of amides is 1. The van der Waals surface area contributed by atoms with Crippen molar-refractivity contribution in [2.45, 2.75) is 39.7 Å². The summed E-state index contributed by atoms with van der Waals surface area (Å²) in [6.45, 7) is 5.01. The van der Waals surface area contributed by atoms with Crippen molar-refractivity contribution >= 4 is 17.7 Å². The van der Waals surface area contributed by atoms with Crippen molar-refractivity contribution in [1.29, 1.82) is 0 Å². The number of rotatable bonds is 8. The maximum Gasteiger partial charge on any atom is 0.310 e. The summed E-state index contributed by atoms with van der Waals surface area (Å²) in [4.78, 5) is 35.8. The molecule has 0 aliphatic rings. The van der Waals surface area contributed by atoms with Crippen LogP contribution in [0.4, 0.5) is 0 Å². The standard InChI is InChI=1S/C22H25NO4/c1-15-9-10-19(11-16(15)2)13-22(26)27-14-21(25)23-20(17(3)24)12-18-7-5-4-6-8-18/h4-11,20H,12-14H2,1-3H3,(H,23,25)/t20-/m1/s1. The summed E-state index contributed by atoms with van der Waals surface area (Å²) >= 11 is 0. The molecule has 5 nitrogen and oxygen atoms in total. The molecule has 2 rings (SSSR count). The fourth-order valence-electron chi connectivity index (χ4n) is 2.66. The molecule has 0 heterocycles. The van der Waals surface area contributed by atoms with Crippen molar-refractivity contribution in [1.82, 2.24) is 5.32 Å². The van der Waals surface area contributed by atoms with E-state index in [9.17, 15) is 14.4 Å². The molecule has 0 saturated carbocycles. The van der Waals surface area contributed by atoms with E-state index in [2.05, 4.69) is 5.32 Å². The lowest BCUT2D eigenvalue weighted by atomic mass is 10.0. The van der Waals surface area contributed by atoms with E-state index in [1.54, 1.807) is 0 Å². The third-order valence-corrected chi connectivity index (χ3v) is 4.39. The predicted octanol–water partition coefficient (Wildman–Crippen LogP) is 2.71. The van der Waals surface area contributed by atoms with Gasteiger partial charge in [0.25, 0.3) is 5.91 Å². The van der Waals surface area contributed by atoms with E-state index in [1.165, 1.54) is 6.92 Å². The van der Waals surface area contributed by atoms with Crippen LogP contribution in [0.15, 0.2) is 48.5 Å². The minimum atomic E-state index is -0.640. The SMILES string of the molecule is CC(=O)[C@@H](Cc1ccccc1)NC(=O)COC(=O)Cc1ccc(C)c(C)c1. The summed E-state index contributed by atoms with van der Waals surface area (Å²) in [5.41, 5.74) is 4.04. The van der Waals surface area contributed by atoms with Gasteiger partial charge in [-0.15, -0.1) is 0 Å². The Labute approximate surface area is 159 Å². The van der Waals surface area contributed by atoms with Crippen LogP contribution in [0.2, 0.25) is 0 Å². The van der Waals surface area contributed by atoms with Crippen LogP contribution in [0.25, 0.3) is 0 Å². The van der Waals surface area contributed by atoms with Crippen LogP contribution < -0.4 is 5.32 Å². The van der Waals surface area contributed by atoms with Crippen LogP contribution in [-0.2, 0) is 32.0 Å². The Bertz CT molecular complexity index is 814. The molecule has 0 aliphatic heterocycles. The minimum Gasteiger partial charge on any atom is -0.455 e. The van der Waals surface area contributed by atoms with Crippen LogP contribution in [0.5, 0.6) is 0 Å². The highest BCUT2D eigenvalue weighted by atomic mass is 16.5. The average molecular weight is 367 g/mol. The van der Waals surface area contributed by atoms with E-state index in [0.29, 0.717) is 6.42 Å². The van der Waals surface area contributed by atoms with Gasteiger partial charge in [0.15, 0.2) is 12.4 Å². The first-order valence-electron chi connectivity index (χ1n) is 8.90. The zero-order chi connectivity index (χ0) is 19.8. The lowest BCUT2D eigenvalue weighted by Crippen LogP contribution is -2.43. The second-order valence-electron chi connectivity index (χ2n) is 6.68. The van der Waals surface area contributed by atoms with Gasteiger partial charge in [-0.25, -0.2) is 0 Å². The number of hydrogen-bond acceptors (Lipinski definition) is 4. The molecule has 2 aromatic carbocycles. The second kappa shape index (κ2) is 9.67. The van der Waals surface area contributed by atoms with Crippen molar-refractivity contribution in [2.75, 3.05) is 6.61 Å². The van der Waals surface area contributed by atoms with Crippen molar-refractivity contribution in [3.8, 4) is 0 Å². The Morgan fingerprint density at radius 3 is 2.30 bits per heavy atom. The highest BCUT2D eigenvalue weighted by molar-refractivity contribution is 5.89. The van der Waals surface area contributed by atoms with Crippen LogP contribution >= 0.6 is 0 Å². The van der Waals surface area contributed by atoms with Crippen LogP contribution in [0.3, 0.4) is 0 Å². The molecule has 2 aromatic rings. The normalized spacial score (nSPS) is 11.5. The summed E-state index contributed by atoms with van der Waals surface area (Å²) in [7, 11) is 0. The molecule has 0 bridgehead atoms. The topological polar surface area (TPSA) is 72.5 Å². The lowest BCUT2D eigenvalue weighted by Gasteiger charge is -2.16. The number of carbonyl (C=O) groups is 3. The van der Waals surface area contributed by atoms with Crippen molar-refractivity contribution in [3.05, 3.63) is 70.8 Å². The van der Waals surface area contributed by atoms with E-state index in [1.807, 2.05) is 62.4 Å². The van der Waals surface area contributed by atoms with Gasteiger partial charge < -0.3 is 10.1 Å². The highest BCUT2D eigenvalue weighted by Crippen LogP contribution is 2.11. The van der Waals surface area contributed by atoms with Gasteiger partial charge in [-0.1, -0.05) is 48.5 Å². The largest absolute Gasteiger partial charge is 0.455 e. The number of aryl methyl sites for hydroxylation is 2. The molecule has 0 fully saturated rings. The number of nitrogens with one attached hydrogen (secondary N) is 1.